The first-order chi connectivity index (χ1) is 12.5. The molecule has 1 amide bonds. The molecule has 5 nitrogen and oxygen atoms in total. The Morgan fingerprint density at radius 2 is 1.77 bits per heavy atom. The third-order valence-electron chi connectivity index (χ3n) is 3.81. The quantitative estimate of drug-likeness (QED) is 0.723. The molecule has 0 saturated heterocycles. The van der Waals surface area contributed by atoms with E-state index in [1.165, 1.54) is 12.1 Å². The Morgan fingerprint density at radius 3 is 2.42 bits per heavy atom. The molecule has 1 atom stereocenters. The van der Waals surface area contributed by atoms with Crippen molar-refractivity contribution in [2.45, 2.75) is 26.3 Å². The Kier molecular flexibility index (Phi) is 5.41. The first-order valence-corrected chi connectivity index (χ1v) is 8.46. The summed E-state index contributed by atoms with van der Waals surface area (Å²) >= 11 is 0. The van der Waals surface area contributed by atoms with Crippen molar-refractivity contribution in [2.24, 2.45) is 5.92 Å². The van der Waals surface area contributed by atoms with Crippen molar-refractivity contribution in [1.29, 1.82) is 0 Å². The highest BCUT2D eigenvalue weighted by Gasteiger charge is 2.23. The van der Waals surface area contributed by atoms with E-state index in [-0.39, 0.29) is 23.5 Å². The molecule has 0 unspecified atom stereocenters. The molecule has 1 heterocycles. The van der Waals surface area contributed by atoms with Gasteiger partial charge in [0.25, 0.3) is 0 Å². The number of rotatable bonds is 6. The topological polar surface area (TPSA) is 68.0 Å². The molecular formula is C20H20FN3O2. The molecule has 0 spiro atoms. The third-order valence-corrected chi connectivity index (χ3v) is 3.81. The van der Waals surface area contributed by atoms with E-state index in [1.54, 1.807) is 12.1 Å². The summed E-state index contributed by atoms with van der Waals surface area (Å²) in [5.74, 6) is 0.357. The molecule has 0 radical (unpaired) electrons. The van der Waals surface area contributed by atoms with Crippen molar-refractivity contribution < 1.29 is 13.6 Å². The van der Waals surface area contributed by atoms with Gasteiger partial charge in [-0.25, -0.2) is 4.39 Å². The highest BCUT2D eigenvalue weighted by atomic mass is 19.1. The van der Waals surface area contributed by atoms with Crippen LogP contribution in [0.4, 0.5) is 4.39 Å². The summed E-state index contributed by atoms with van der Waals surface area (Å²) in [7, 11) is 0. The average Bonchev–Trinajstić information content (AvgIpc) is 3.10. The maximum absolute atomic E-state index is 13.3. The molecule has 3 aromatic rings. The molecule has 1 aromatic heterocycles. The standard InChI is InChI=1S/C20H20FN3O2/c1-13(2)12-17(25)22-18(14-8-10-16(21)11-9-14)20-24-23-19(26-20)15-6-4-3-5-7-15/h3-11,13,18H,12H2,1-2H3,(H,22,25)/t18-/m0/s1. The minimum Gasteiger partial charge on any atom is -0.418 e. The van der Waals surface area contributed by atoms with Crippen LogP contribution in [0.25, 0.3) is 11.5 Å². The van der Waals surface area contributed by atoms with Gasteiger partial charge in [-0.1, -0.05) is 44.2 Å². The zero-order valence-electron chi connectivity index (χ0n) is 14.6. The van der Waals surface area contributed by atoms with Crippen LogP contribution in [0, 0.1) is 11.7 Å². The maximum atomic E-state index is 13.3. The number of halogens is 1. The van der Waals surface area contributed by atoms with Crippen LogP contribution in [0.2, 0.25) is 0 Å². The number of nitrogens with zero attached hydrogens (tertiary/aromatic N) is 2. The molecule has 0 aliphatic rings. The second kappa shape index (κ2) is 7.91. The fraction of sp³-hybridized carbons (Fsp3) is 0.250. The molecule has 0 bridgehead atoms. The normalized spacial score (nSPS) is 12.2. The summed E-state index contributed by atoms with van der Waals surface area (Å²) < 4.78 is 19.1. The molecule has 2 aromatic carbocycles. The summed E-state index contributed by atoms with van der Waals surface area (Å²) in [5.41, 5.74) is 1.46. The fourth-order valence-electron chi connectivity index (χ4n) is 2.58. The van der Waals surface area contributed by atoms with Gasteiger partial charge in [-0.3, -0.25) is 4.79 Å². The molecule has 0 aliphatic heterocycles. The van der Waals surface area contributed by atoms with Gasteiger partial charge < -0.3 is 9.73 Å². The minimum absolute atomic E-state index is 0.131. The number of aromatic nitrogens is 2. The van der Waals surface area contributed by atoms with Crippen molar-refractivity contribution in [3.05, 3.63) is 71.9 Å². The Bertz CT molecular complexity index is 860. The van der Waals surface area contributed by atoms with Gasteiger partial charge in [0.05, 0.1) is 0 Å². The molecule has 26 heavy (non-hydrogen) atoms. The summed E-state index contributed by atoms with van der Waals surface area (Å²) in [6, 6.07) is 14.6. The predicted molar refractivity (Wildman–Crippen MR) is 95.6 cm³/mol. The van der Waals surface area contributed by atoms with E-state index >= 15 is 0 Å². The van der Waals surface area contributed by atoms with Gasteiger partial charge in [0, 0.05) is 12.0 Å². The van der Waals surface area contributed by atoms with Crippen LogP contribution in [-0.2, 0) is 4.79 Å². The first kappa shape index (κ1) is 17.8. The summed E-state index contributed by atoms with van der Waals surface area (Å²) in [5, 5.41) is 11.1. The lowest BCUT2D eigenvalue weighted by Crippen LogP contribution is -2.30. The van der Waals surface area contributed by atoms with E-state index in [0.717, 1.165) is 5.56 Å². The van der Waals surface area contributed by atoms with Gasteiger partial charge in [0.15, 0.2) is 0 Å². The fourth-order valence-corrected chi connectivity index (χ4v) is 2.58. The number of benzene rings is 2. The van der Waals surface area contributed by atoms with Crippen LogP contribution in [-0.4, -0.2) is 16.1 Å². The summed E-state index contributed by atoms with van der Waals surface area (Å²) in [4.78, 5) is 12.3. The Morgan fingerprint density at radius 1 is 1.08 bits per heavy atom. The minimum atomic E-state index is -0.633. The largest absolute Gasteiger partial charge is 0.418 e. The number of hydrogen-bond acceptors (Lipinski definition) is 4. The van der Waals surface area contributed by atoms with E-state index in [4.69, 9.17) is 4.42 Å². The lowest BCUT2D eigenvalue weighted by Gasteiger charge is -2.16. The van der Waals surface area contributed by atoms with Gasteiger partial charge in [0.1, 0.15) is 11.9 Å². The highest BCUT2D eigenvalue weighted by molar-refractivity contribution is 5.77. The number of hydrogen-bond donors (Lipinski definition) is 1. The maximum Gasteiger partial charge on any atom is 0.247 e. The van der Waals surface area contributed by atoms with E-state index in [2.05, 4.69) is 15.5 Å². The molecule has 6 heteroatoms. The van der Waals surface area contributed by atoms with Gasteiger partial charge in [0.2, 0.25) is 17.7 Å². The molecule has 3 rings (SSSR count). The van der Waals surface area contributed by atoms with Crippen molar-refractivity contribution in [3.8, 4) is 11.5 Å². The van der Waals surface area contributed by atoms with Crippen LogP contribution < -0.4 is 5.32 Å². The summed E-state index contributed by atoms with van der Waals surface area (Å²) in [6.07, 6.45) is 0.372. The number of amides is 1. The van der Waals surface area contributed by atoms with Crippen molar-refractivity contribution >= 4 is 5.91 Å². The Hall–Kier alpha value is -3.02. The number of nitrogens with one attached hydrogen (secondary N) is 1. The van der Waals surface area contributed by atoms with Crippen LogP contribution in [0.3, 0.4) is 0 Å². The van der Waals surface area contributed by atoms with E-state index in [0.29, 0.717) is 17.9 Å². The zero-order chi connectivity index (χ0) is 18.5. The summed E-state index contributed by atoms with van der Waals surface area (Å²) in [6.45, 7) is 3.93. The molecule has 1 N–H and O–H groups in total. The smallest absolute Gasteiger partial charge is 0.247 e. The van der Waals surface area contributed by atoms with Crippen LogP contribution >= 0.6 is 0 Å². The first-order valence-electron chi connectivity index (χ1n) is 8.46. The molecule has 134 valence electrons. The van der Waals surface area contributed by atoms with Gasteiger partial charge in [-0.15, -0.1) is 10.2 Å². The average molecular weight is 353 g/mol. The molecule has 0 fully saturated rings. The second-order valence-corrected chi connectivity index (χ2v) is 6.46. The lowest BCUT2D eigenvalue weighted by molar-refractivity contribution is -0.122. The highest BCUT2D eigenvalue weighted by Crippen LogP contribution is 2.25. The van der Waals surface area contributed by atoms with Crippen LogP contribution in [0.15, 0.2) is 59.0 Å². The monoisotopic (exact) mass is 353 g/mol. The molecular weight excluding hydrogens is 333 g/mol. The predicted octanol–water partition coefficient (Wildman–Crippen LogP) is 4.13. The van der Waals surface area contributed by atoms with E-state index in [9.17, 15) is 9.18 Å². The van der Waals surface area contributed by atoms with E-state index < -0.39 is 6.04 Å². The Balaban J connectivity index is 1.91. The molecule has 0 aliphatic carbocycles. The SMILES string of the molecule is CC(C)CC(=O)N[C@@H](c1ccc(F)cc1)c1nnc(-c2ccccc2)o1. The van der Waals surface area contributed by atoms with E-state index in [1.807, 2.05) is 44.2 Å². The van der Waals surface area contributed by atoms with Gasteiger partial charge in [-0.05, 0) is 35.7 Å². The number of carbonyl (C=O) groups excluding carboxylic acids is 1. The van der Waals surface area contributed by atoms with Crippen molar-refractivity contribution in [3.63, 3.8) is 0 Å². The van der Waals surface area contributed by atoms with Crippen LogP contribution in [0.5, 0.6) is 0 Å². The third kappa shape index (κ3) is 4.33. The van der Waals surface area contributed by atoms with Crippen molar-refractivity contribution in [1.82, 2.24) is 15.5 Å². The zero-order valence-corrected chi connectivity index (χ0v) is 14.6. The second-order valence-electron chi connectivity index (χ2n) is 6.46. The number of carbonyl (C=O) groups is 1. The lowest BCUT2D eigenvalue weighted by atomic mass is 10.1. The van der Waals surface area contributed by atoms with Crippen molar-refractivity contribution in [2.75, 3.05) is 0 Å². The van der Waals surface area contributed by atoms with Gasteiger partial charge in [-0.2, -0.15) is 0 Å². The molecule has 0 saturated carbocycles. The van der Waals surface area contributed by atoms with Gasteiger partial charge >= 0.3 is 0 Å². The Labute approximate surface area is 151 Å². The van der Waals surface area contributed by atoms with Crippen LogP contribution in [0.1, 0.15) is 37.8 Å².